The van der Waals surface area contributed by atoms with Gasteiger partial charge in [0.25, 0.3) is 0 Å². The summed E-state index contributed by atoms with van der Waals surface area (Å²) in [5.41, 5.74) is 6.69. The summed E-state index contributed by atoms with van der Waals surface area (Å²) < 4.78 is 0. The Balaban J connectivity index is 2.01. The predicted molar refractivity (Wildman–Crippen MR) is 82.8 cm³/mol. The Labute approximate surface area is 115 Å². The van der Waals surface area contributed by atoms with Crippen LogP contribution >= 0.6 is 0 Å². The van der Waals surface area contributed by atoms with E-state index in [4.69, 9.17) is 0 Å². The quantitative estimate of drug-likeness (QED) is 0.658. The van der Waals surface area contributed by atoms with Crippen molar-refractivity contribution in [2.45, 2.75) is 19.8 Å². The van der Waals surface area contributed by atoms with Gasteiger partial charge in [0.2, 0.25) is 0 Å². The fourth-order valence-corrected chi connectivity index (χ4v) is 2.64. The maximum absolute atomic E-state index is 2.36. The van der Waals surface area contributed by atoms with E-state index in [2.05, 4.69) is 73.7 Å². The number of benzene rings is 2. The van der Waals surface area contributed by atoms with E-state index in [0.717, 1.165) is 6.42 Å². The van der Waals surface area contributed by atoms with Gasteiger partial charge in [-0.2, -0.15) is 0 Å². The second-order valence-electron chi connectivity index (χ2n) is 5.03. The minimum Gasteiger partial charge on any atom is -0.0807 e. The average Bonchev–Trinajstić information content (AvgIpc) is 2.49. The summed E-state index contributed by atoms with van der Waals surface area (Å²) in [6.07, 6.45) is 7.03. The summed E-state index contributed by atoms with van der Waals surface area (Å²) in [6, 6.07) is 19.4. The Bertz CT molecular complexity index is 630. The molecule has 0 heterocycles. The predicted octanol–water partition coefficient (Wildman–Crippen LogP) is 5.48. The first-order valence-corrected chi connectivity index (χ1v) is 6.88. The third kappa shape index (κ3) is 2.53. The Hall–Kier alpha value is -2.08. The molecule has 0 saturated carbocycles. The highest BCUT2D eigenvalue weighted by atomic mass is 14.1. The van der Waals surface area contributed by atoms with E-state index >= 15 is 0 Å². The van der Waals surface area contributed by atoms with Gasteiger partial charge in [-0.25, -0.2) is 0 Å². The minimum absolute atomic E-state index is 1.15. The third-order valence-electron chi connectivity index (χ3n) is 3.67. The van der Waals surface area contributed by atoms with Crippen molar-refractivity contribution in [2.24, 2.45) is 0 Å². The molecule has 0 aromatic heterocycles. The molecule has 0 nitrogen and oxygen atoms in total. The fraction of sp³-hybridized carbons (Fsp3) is 0.158. The molecule has 19 heavy (non-hydrogen) atoms. The molecule has 0 heteroatoms. The molecule has 1 aliphatic carbocycles. The van der Waals surface area contributed by atoms with Gasteiger partial charge in [-0.05, 0) is 53.7 Å². The van der Waals surface area contributed by atoms with E-state index in [-0.39, 0.29) is 0 Å². The van der Waals surface area contributed by atoms with E-state index in [1.165, 1.54) is 34.3 Å². The van der Waals surface area contributed by atoms with Crippen molar-refractivity contribution >= 4 is 5.57 Å². The number of allylic oxidation sites excluding steroid dienone is 4. The van der Waals surface area contributed by atoms with E-state index in [9.17, 15) is 0 Å². The van der Waals surface area contributed by atoms with Gasteiger partial charge in [0.05, 0.1) is 0 Å². The lowest BCUT2D eigenvalue weighted by atomic mass is 9.91. The lowest BCUT2D eigenvalue weighted by Crippen LogP contribution is -1.92. The van der Waals surface area contributed by atoms with E-state index < -0.39 is 0 Å². The van der Waals surface area contributed by atoms with Crippen LogP contribution in [0.5, 0.6) is 0 Å². The summed E-state index contributed by atoms with van der Waals surface area (Å²) in [4.78, 5) is 0. The van der Waals surface area contributed by atoms with Crippen molar-refractivity contribution < 1.29 is 0 Å². The van der Waals surface area contributed by atoms with Crippen molar-refractivity contribution in [3.8, 4) is 11.1 Å². The topological polar surface area (TPSA) is 0 Å². The standard InChI is InChI=1S/C19H18/c1-15-8-5-6-13-19(15)18-12-7-11-17(14-18)16-9-3-2-4-10-16/h2-4,7-14H,5-6H2,1H3. The average molecular weight is 246 g/mol. The van der Waals surface area contributed by atoms with Crippen LogP contribution in [-0.4, -0.2) is 0 Å². The highest BCUT2D eigenvalue weighted by Gasteiger charge is 2.08. The van der Waals surface area contributed by atoms with E-state index in [1.807, 2.05) is 0 Å². The summed E-state index contributed by atoms with van der Waals surface area (Å²) in [6.45, 7) is 2.21. The molecular weight excluding hydrogens is 228 g/mol. The van der Waals surface area contributed by atoms with Gasteiger partial charge in [-0.1, -0.05) is 60.7 Å². The van der Waals surface area contributed by atoms with Gasteiger partial charge in [0.15, 0.2) is 0 Å². The van der Waals surface area contributed by atoms with Gasteiger partial charge < -0.3 is 0 Å². The van der Waals surface area contributed by atoms with Crippen molar-refractivity contribution in [2.75, 3.05) is 0 Å². The Morgan fingerprint density at radius 2 is 1.37 bits per heavy atom. The highest BCUT2D eigenvalue weighted by Crippen LogP contribution is 2.30. The highest BCUT2D eigenvalue weighted by molar-refractivity contribution is 5.81. The zero-order valence-electron chi connectivity index (χ0n) is 11.3. The molecule has 1 aliphatic rings. The van der Waals surface area contributed by atoms with Crippen LogP contribution in [0.25, 0.3) is 16.7 Å². The van der Waals surface area contributed by atoms with Gasteiger partial charge in [0.1, 0.15) is 0 Å². The van der Waals surface area contributed by atoms with Crippen molar-refractivity contribution in [1.29, 1.82) is 0 Å². The molecule has 2 aromatic rings. The Morgan fingerprint density at radius 3 is 2.16 bits per heavy atom. The smallest absolute Gasteiger partial charge is 0.0178 e. The summed E-state index contributed by atoms with van der Waals surface area (Å²) in [5, 5.41) is 0. The first-order valence-electron chi connectivity index (χ1n) is 6.88. The molecule has 0 spiro atoms. The van der Waals surface area contributed by atoms with Gasteiger partial charge in [-0.3, -0.25) is 0 Å². The van der Waals surface area contributed by atoms with Gasteiger partial charge in [0, 0.05) is 0 Å². The molecule has 0 aliphatic heterocycles. The molecule has 0 saturated heterocycles. The summed E-state index contributed by atoms with van der Waals surface area (Å²) >= 11 is 0. The van der Waals surface area contributed by atoms with Crippen molar-refractivity contribution in [3.63, 3.8) is 0 Å². The summed E-state index contributed by atoms with van der Waals surface area (Å²) in [7, 11) is 0. The molecule has 0 fully saturated rings. The number of hydrogen-bond acceptors (Lipinski definition) is 0. The first kappa shape index (κ1) is 12.0. The van der Waals surface area contributed by atoms with Crippen LogP contribution in [-0.2, 0) is 0 Å². The molecule has 0 bridgehead atoms. The first-order chi connectivity index (χ1) is 9.34. The zero-order valence-corrected chi connectivity index (χ0v) is 11.3. The van der Waals surface area contributed by atoms with Crippen LogP contribution in [0.2, 0.25) is 0 Å². The molecular formula is C19H18. The summed E-state index contributed by atoms with van der Waals surface area (Å²) in [5.74, 6) is 0. The molecule has 3 rings (SSSR count). The van der Waals surface area contributed by atoms with Crippen LogP contribution in [0.1, 0.15) is 25.3 Å². The molecule has 0 amide bonds. The Kier molecular flexibility index (Phi) is 3.33. The van der Waals surface area contributed by atoms with Crippen LogP contribution in [0.3, 0.4) is 0 Å². The molecule has 94 valence electrons. The zero-order chi connectivity index (χ0) is 13.1. The van der Waals surface area contributed by atoms with Crippen molar-refractivity contribution in [3.05, 3.63) is 77.9 Å². The lowest BCUT2D eigenvalue weighted by Gasteiger charge is -2.14. The monoisotopic (exact) mass is 246 g/mol. The van der Waals surface area contributed by atoms with E-state index in [1.54, 1.807) is 0 Å². The van der Waals surface area contributed by atoms with Crippen molar-refractivity contribution in [1.82, 2.24) is 0 Å². The largest absolute Gasteiger partial charge is 0.0807 e. The minimum atomic E-state index is 1.15. The second-order valence-corrected chi connectivity index (χ2v) is 5.03. The van der Waals surface area contributed by atoms with Crippen LogP contribution < -0.4 is 0 Å². The third-order valence-corrected chi connectivity index (χ3v) is 3.67. The molecule has 0 N–H and O–H groups in total. The van der Waals surface area contributed by atoms with Gasteiger partial charge >= 0.3 is 0 Å². The number of rotatable bonds is 2. The van der Waals surface area contributed by atoms with Crippen LogP contribution in [0.15, 0.2) is 72.3 Å². The van der Waals surface area contributed by atoms with E-state index in [0.29, 0.717) is 0 Å². The lowest BCUT2D eigenvalue weighted by molar-refractivity contribution is 1.02. The Morgan fingerprint density at radius 1 is 0.684 bits per heavy atom. The molecule has 0 radical (unpaired) electrons. The van der Waals surface area contributed by atoms with Crippen LogP contribution in [0, 0.1) is 0 Å². The fourth-order valence-electron chi connectivity index (χ4n) is 2.64. The maximum Gasteiger partial charge on any atom is -0.0178 e. The molecule has 2 aromatic carbocycles. The van der Waals surface area contributed by atoms with Crippen LogP contribution in [0.4, 0.5) is 0 Å². The second kappa shape index (κ2) is 5.27. The molecule has 0 unspecified atom stereocenters. The normalized spacial score (nSPS) is 14.8. The van der Waals surface area contributed by atoms with Gasteiger partial charge in [-0.15, -0.1) is 0 Å². The number of hydrogen-bond donors (Lipinski definition) is 0. The maximum atomic E-state index is 2.36. The SMILES string of the molecule is CC1=CCCC=C1c1cccc(-c2ccccc2)c1. The molecule has 0 atom stereocenters.